The smallest absolute Gasteiger partial charge is 0.296 e. The van der Waals surface area contributed by atoms with Crippen molar-refractivity contribution in [3.05, 3.63) is 35.5 Å². The van der Waals surface area contributed by atoms with E-state index in [1.807, 2.05) is 32.0 Å². The number of hydrogen-bond donors (Lipinski definition) is 1. The monoisotopic (exact) mass is 340 g/mol. The summed E-state index contributed by atoms with van der Waals surface area (Å²) in [5.74, 6) is 1.94. The molecule has 6 heteroatoms. The third-order valence-electron chi connectivity index (χ3n) is 4.98. The minimum Gasteiger partial charge on any atom is -0.424 e. The van der Waals surface area contributed by atoms with Crippen molar-refractivity contribution in [1.82, 2.24) is 15.1 Å². The molecule has 0 bridgehead atoms. The van der Waals surface area contributed by atoms with E-state index in [4.69, 9.17) is 8.94 Å². The molecule has 2 aromatic heterocycles. The van der Waals surface area contributed by atoms with E-state index in [0.29, 0.717) is 23.6 Å². The van der Waals surface area contributed by atoms with Crippen LogP contribution in [0, 0.1) is 19.8 Å². The van der Waals surface area contributed by atoms with Crippen LogP contribution in [-0.2, 0) is 0 Å². The second-order valence-corrected chi connectivity index (χ2v) is 7.11. The van der Waals surface area contributed by atoms with Crippen molar-refractivity contribution in [2.45, 2.75) is 58.4 Å². The van der Waals surface area contributed by atoms with Gasteiger partial charge in [-0.2, -0.15) is 9.97 Å². The van der Waals surface area contributed by atoms with Gasteiger partial charge in [-0.15, -0.1) is 0 Å². The molecule has 1 atom stereocenters. The Balaban J connectivity index is 1.57. The van der Waals surface area contributed by atoms with E-state index in [1.165, 1.54) is 37.7 Å². The summed E-state index contributed by atoms with van der Waals surface area (Å²) < 4.78 is 11.3. The van der Waals surface area contributed by atoms with Gasteiger partial charge in [-0.1, -0.05) is 43.3 Å². The van der Waals surface area contributed by atoms with Crippen LogP contribution in [0.15, 0.2) is 27.1 Å². The topological polar surface area (TPSA) is 77.0 Å². The number of hydrogen-bond acceptors (Lipinski definition) is 6. The first-order chi connectivity index (χ1) is 12.2. The van der Waals surface area contributed by atoms with E-state index >= 15 is 0 Å². The van der Waals surface area contributed by atoms with Gasteiger partial charge in [0.05, 0.1) is 0 Å². The molecule has 3 aromatic rings. The number of benzene rings is 1. The van der Waals surface area contributed by atoms with Crippen molar-refractivity contribution < 1.29 is 8.94 Å². The highest BCUT2D eigenvalue weighted by Gasteiger charge is 2.25. The summed E-state index contributed by atoms with van der Waals surface area (Å²) in [7, 11) is 0. The molecule has 1 N–H and O–H groups in total. The first-order valence-corrected chi connectivity index (χ1v) is 9.11. The van der Waals surface area contributed by atoms with E-state index in [1.54, 1.807) is 0 Å². The van der Waals surface area contributed by atoms with Gasteiger partial charge < -0.3 is 14.3 Å². The van der Waals surface area contributed by atoms with E-state index < -0.39 is 0 Å². The fourth-order valence-electron chi connectivity index (χ4n) is 3.68. The molecule has 0 aliphatic heterocycles. The Morgan fingerprint density at radius 1 is 1.16 bits per heavy atom. The molecule has 0 amide bonds. The van der Waals surface area contributed by atoms with Gasteiger partial charge in [0.15, 0.2) is 11.4 Å². The Kier molecular flexibility index (Phi) is 4.42. The first kappa shape index (κ1) is 16.1. The number of anilines is 1. The van der Waals surface area contributed by atoms with Gasteiger partial charge in [-0.25, -0.2) is 0 Å². The molecule has 1 aliphatic carbocycles. The zero-order chi connectivity index (χ0) is 17.2. The summed E-state index contributed by atoms with van der Waals surface area (Å²) >= 11 is 0. The van der Waals surface area contributed by atoms with Crippen LogP contribution in [0.5, 0.6) is 0 Å². The Labute approximate surface area is 147 Å². The van der Waals surface area contributed by atoms with Crippen molar-refractivity contribution >= 4 is 17.1 Å². The molecule has 1 fully saturated rings. The SMILES string of the molecule is Cc1ccc2oc(N[C@@H](CC3CCCCC3)c3nc(C)no3)nc2c1. The number of aryl methyl sites for hydroxylation is 2. The maximum absolute atomic E-state index is 5.86. The molecule has 0 saturated heterocycles. The van der Waals surface area contributed by atoms with Gasteiger partial charge in [0.25, 0.3) is 6.01 Å². The molecule has 2 heterocycles. The average molecular weight is 340 g/mol. The lowest BCUT2D eigenvalue weighted by molar-refractivity contribution is 0.290. The second-order valence-electron chi connectivity index (χ2n) is 7.11. The summed E-state index contributed by atoms with van der Waals surface area (Å²) in [6, 6.07) is 6.45. The summed E-state index contributed by atoms with van der Waals surface area (Å²) in [6.45, 7) is 3.89. The highest BCUT2D eigenvalue weighted by atomic mass is 16.5. The van der Waals surface area contributed by atoms with Gasteiger partial charge >= 0.3 is 0 Å². The van der Waals surface area contributed by atoms with Crippen molar-refractivity contribution in [2.75, 3.05) is 5.32 Å². The quantitative estimate of drug-likeness (QED) is 0.708. The molecule has 4 rings (SSSR count). The highest BCUT2D eigenvalue weighted by Crippen LogP contribution is 2.33. The molecule has 0 spiro atoms. The van der Waals surface area contributed by atoms with Crippen molar-refractivity contribution in [3.8, 4) is 0 Å². The lowest BCUT2D eigenvalue weighted by Crippen LogP contribution is -2.18. The van der Waals surface area contributed by atoms with E-state index in [2.05, 4.69) is 20.4 Å². The second kappa shape index (κ2) is 6.86. The fraction of sp³-hybridized carbons (Fsp3) is 0.526. The normalized spacial score (nSPS) is 17.0. The van der Waals surface area contributed by atoms with Gasteiger partial charge in [0.1, 0.15) is 11.6 Å². The molecule has 132 valence electrons. The lowest BCUT2D eigenvalue weighted by Gasteiger charge is -2.24. The molecule has 1 aliphatic rings. The van der Waals surface area contributed by atoms with Crippen LogP contribution < -0.4 is 5.32 Å². The Morgan fingerprint density at radius 3 is 2.76 bits per heavy atom. The number of aromatic nitrogens is 3. The standard InChI is InChI=1S/C19H24N4O2/c1-12-8-9-17-15(10-12)21-19(24-17)22-16(18-20-13(2)23-25-18)11-14-6-4-3-5-7-14/h8-10,14,16H,3-7,11H2,1-2H3,(H,21,22)/t16-/m0/s1. The maximum atomic E-state index is 5.86. The molecule has 1 aromatic carbocycles. The van der Waals surface area contributed by atoms with Gasteiger partial charge in [-0.3, -0.25) is 0 Å². The van der Waals surface area contributed by atoms with Crippen LogP contribution in [0.4, 0.5) is 6.01 Å². The van der Waals surface area contributed by atoms with Crippen LogP contribution >= 0.6 is 0 Å². The van der Waals surface area contributed by atoms with Crippen molar-refractivity contribution in [1.29, 1.82) is 0 Å². The van der Waals surface area contributed by atoms with Crippen molar-refractivity contribution in [3.63, 3.8) is 0 Å². The zero-order valence-corrected chi connectivity index (χ0v) is 14.8. The van der Waals surface area contributed by atoms with E-state index in [-0.39, 0.29) is 6.04 Å². The largest absolute Gasteiger partial charge is 0.424 e. The summed E-state index contributed by atoms with van der Waals surface area (Å²) in [5.41, 5.74) is 2.81. The van der Waals surface area contributed by atoms with Crippen LogP contribution in [-0.4, -0.2) is 15.1 Å². The van der Waals surface area contributed by atoms with Gasteiger partial charge in [0, 0.05) is 0 Å². The molecule has 0 unspecified atom stereocenters. The highest BCUT2D eigenvalue weighted by molar-refractivity contribution is 5.75. The van der Waals surface area contributed by atoms with Crippen LogP contribution in [0.1, 0.15) is 61.8 Å². The number of fused-ring (bicyclic) bond motifs is 1. The summed E-state index contributed by atoms with van der Waals surface area (Å²) in [4.78, 5) is 9.00. The summed E-state index contributed by atoms with van der Waals surface area (Å²) in [6.07, 6.45) is 7.44. The Bertz CT molecular complexity index is 848. The predicted octanol–water partition coefficient (Wildman–Crippen LogP) is 4.95. The third kappa shape index (κ3) is 3.67. The number of oxazole rings is 1. The Morgan fingerprint density at radius 2 is 2.00 bits per heavy atom. The number of nitrogens with one attached hydrogen (secondary N) is 1. The fourth-order valence-corrected chi connectivity index (χ4v) is 3.68. The van der Waals surface area contributed by atoms with E-state index in [0.717, 1.165) is 17.5 Å². The average Bonchev–Trinajstić information content (AvgIpc) is 3.20. The maximum Gasteiger partial charge on any atom is 0.296 e. The predicted molar refractivity (Wildman–Crippen MR) is 95.3 cm³/mol. The lowest BCUT2D eigenvalue weighted by atomic mass is 9.85. The molecular formula is C19H24N4O2. The van der Waals surface area contributed by atoms with Crippen LogP contribution in [0.25, 0.3) is 11.1 Å². The zero-order valence-electron chi connectivity index (χ0n) is 14.8. The summed E-state index contributed by atoms with van der Waals surface area (Å²) in [5, 5.41) is 7.34. The third-order valence-corrected chi connectivity index (χ3v) is 4.98. The Hall–Kier alpha value is -2.37. The minimum atomic E-state index is -0.0709. The van der Waals surface area contributed by atoms with Crippen molar-refractivity contribution in [2.24, 2.45) is 5.92 Å². The molecular weight excluding hydrogens is 316 g/mol. The van der Waals surface area contributed by atoms with E-state index in [9.17, 15) is 0 Å². The molecule has 1 saturated carbocycles. The molecule has 6 nitrogen and oxygen atoms in total. The molecule has 0 radical (unpaired) electrons. The molecule has 25 heavy (non-hydrogen) atoms. The van der Waals surface area contributed by atoms with Crippen LogP contribution in [0.2, 0.25) is 0 Å². The first-order valence-electron chi connectivity index (χ1n) is 9.11. The number of rotatable bonds is 5. The van der Waals surface area contributed by atoms with Gasteiger partial charge in [-0.05, 0) is 43.9 Å². The van der Waals surface area contributed by atoms with Crippen LogP contribution in [0.3, 0.4) is 0 Å². The van der Waals surface area contributed by atoms with Gasteiger partial charge in [0.2, 0.25) is 5.89 Å². The number of nitrogens with zero attached hydrogens (tertiary/aromatic N) is 3. The minimum absolute atomic E-state index is 0.0709.